The first-order valence-electron chi connectivity index (χ1n) is 11.6. The molecular weight excluding hydrogens is 450 g/mol. The van der Waals surface area contributed by atoms with Gasteiger partial charge in [0.2, 0.25) is 0 Å². The Bertz CT molecular complexity index is 1630. The van der Waals surface area contributed by atoms with E-state index in [4.69, 9.17) is 15.7 Å². The fraction of sp³-hybridized carbons (Fsp3) is 0.143. The van der Waals surface area contributed by atoms with Gasteiger partial charge >= 0.3 is 0 Å². The molecule has 5 aromatic rings. The van der Waals surface area contributed by atoms with Crippen molar-refractivity contribution in [2.45, 2.75) is 13.8 Å². The standard InChI is InChI=1S/C28H27N7O/c1-17-9-12-20(15-18(17)2)31-28(36)24-25-27(33-23-8-6-5-7-22(23)32-25)35(26(24)29)30-16-19-10-13-21(14-11-19)34(3)4/h5-16H,29H2,1-4H3,(H,31,36)/b30-16+. The molecule has 0 radical (unpaired) electrons. The largest absolute Gasteiger partial charge is 0.383 e. The van der Waals surface area contributed by atoms with Crippen LogP contribution in [0.15, 0.2) is 71.8 Å². The molecule has 1 amide bonds. The molecule has 0 saturated carbocycles. The van der Waals surface area contributed by atoms with Crippen molar-refractivity contribution in [3.63, 3.8) is 0 Å². The van der Waals surface area contributed by atoms with Gasteiger partial charge in [-0.3, -0.25) is 4.79 Å². The number of nitrogens with two attached hydrogens (primary N) is 1. The van der Waals surface area contributed by atoms with Gasteiger partial charge in [0.25, 0.3) is 5.91 Å². The van der Waals surface area contributed by atoms with Crippen molar-refractivity contribution in [2.75, 3.05) is 30.0 Å². The third-order valence-corrected chi connectivity index (χ3v) is 6.20. The van der Waals surface area contributed by atoms with Crippen LogP contribution in [0.4, 0.5) is 17.2 Å². The maximum Gasteiger partial charge on any atom is 0.261 e. The number of nitrogens with one attached hydrogen (secondary N) is 1. The lowest BCUT2D eigenvalue weighted by molar-refractivity contribution is 0.102. The van der Waals surface area contributed by atoms with E-state index in [0.717, 1.165) is 22.4 Å². The monoisotopic (exact) mass is 477 g/mol. The number of carbonyl (C=O) groups excluding carboxylic acids is 1. The summed E-state index contributed by atoms with van der Waals surface area (Å²) >= 11 is 0. The van der Waals surface area contributed by atoms with Crippen LogP contribution in [0, 0.1) is 13.8 Å². The van der Waals surface area contributed by atoms with Gasteiger partial charge in [-0.05, 0) is 66.9 Å². The molecule has 0 saturated heterocycles. The fourth-order valence-electron chi connectivity index (χ4n) is 3.98. The number of carbonyl (C=O) groups is 1. The number of nitrogens with zero attached hydrogens (tertiary/aromatic N) is 5. The zero-order valence-corrected chi connectivity index (χ0v) is 20.6. The number of benzene rings is 3. The predicted octanol–water partition coefficient (Wildman–Crippen LogP) is 4.98. The molecule has 3 aromatic carbocycles. The molecule has 2 heterocycles. The first-order valence-corrected chi connectivity index (χ1v) is 11.6. The normalized spacial score (nSPS) is 11.4. The SMILES string of the molecule is Cc1ccc(NC(=O)c2c(N)n(/N=C/c3ccc(N(C)C)cc3)c3nc4ccccc4nc23)cc1C. The molecule has 8 nitrogen and oxygen atoms in total. The molecule has 8 heteroatoms. The number of aryl methyl sites for hydroxylation is 2. The molecule has 5 rings (SSSR count). The topological polar surface area (TPSA) is 101 Å². The lowest BCUT2D eigenvalue weighted by atomic mass is 10.1. The zero-order chi connectivity index (χ0) is 25.4. The molecular formula is C28H27N7O. The molecule has 0 spiro atoms. The number of para-hydroxylation sites is 2. The van der Waals surface area contributed by atoms with Gasteiger partial charge in [-0.15, -0.1) is 0 Å². The Morgan fingerprint density at radius 2 is 1.67 bits per heavy atom. The Morgan fingerprint density at radius 3 is 2.33 bits per heavy atom. The highest BCUT2D eigenvalue weighted by atomic mass is 16.1. The number of amides is 1. The summed E-state index contributed by atoms with van der Waals surface area (Å²) in [7, 11) is 3.98. The minimum Gasteiger partial charge on any atom is -0.383 e. The summed E-state index contributed by atoms with van der Waals surface area (Å²) < 4.78 is 1.48. The van der Waals surface area contributed by atoms with Crippen LogP contribution in [0.25, 0.3) is 22.2 Å². The van der Waals surface area contributed by atoms with E-state index < -0.39 is 0 Å². The summed E-state index contributed by atoms with van der Waals surface area (Å²) in [6.07, 6.45) is 1.69. The van der Waals surface area contributed by atoms with Crippen molar-refractivity contribution in [3.05, 3.63) is 89.0 Å². The Hall–Kier alpha value is -4.72. The first-order chi connectivity index (χ1) is 17.3. The molecule has 0 aliphatic heterocycles. The highest BCUT2D eigenvalue weighted by Gasteiger charge is 2.24. The summed E-state index contributed by atoms with van der Waals surface area (Å²) in [4.78, 5) is 24.9. The Morgan fingerprint density at radius 1 is 0.972 bits per heavy atom. The van der Waals surface area contributed by atoms with Gasteiger partial charge < -0.3 is 16.0 Å². The van der Waals surface area contributed by atoms with E-state index in [1.165, 1.54) is 4.68 Å². The number of aromatic nitrogens is 3. The second-order valence-corrected chi connectivity index (χ2v) is 8.94. The summed E-state index contributed by atoms with van der Waals surface area (Å²) in [5.41, 5.74) is 13.8. The lowest BCUT2D eigenvalue weighted by Gasteiger charge is -2.11. The molecule has 36 heavy (non-hydrogen) atoms. The van der Waals surface area contributed by atoms with Crippen molar-refractivity contribution in [3.8, 4) is 0 Å². The number of fused-ring (bicyclic) bond motifs is 2. The Balaban J connectivity index is 1.61. The third-order valence-electron chi connectivity index (χ3n) is 6.20. The van der Waals surface area contributed by atoms with Crippen LogP contribution < -0.4 is 16.0 Å². The van der Waals surface area contributed by atoms with Crippen molar-refractivity contribution in [1.82, 2.24) is 14.6 Å². The third kappa shape index (κ3) is 4.24. The molecule has 0 unspecified atom stereocenters. The molecule has 0 atom stereocenters. The van der Waals surface area contributed by atoms with Gasteiger partial charge in [0.1, 0.15) is 16.9 Å². The number of anilines is 3. The average Bonchev–Trinajstić information content (AvgIpc) is 3.13. The van der Waals surface area contributed by atoms with Gasteiger partial charge in [-0.25, -0.2) is 9.97 Å². The highest BCUT2D eigenvalue weighted by Crippen LogP contribution is 2.29. The van der Waals surface area contributed by atoms with E-state index in [1.54, 1.807) is 6.21 Å². The van der Waals surface area contributed by atoms with Crippen LogP contribution in [0.1, 0.15) is 27.0 Å². The molecule has 2 aromatic heterocycles. The summed E-state index contributed by atoms with van der Waals surface area (Å²) in [6, 6.07) is 21.2. The summed E-state index contributed by atoms with van der Waals surface area (Å²) in [6.45, 7) is 4.03. The predicted molar refractivity (Wildman–Crippen MR) is 147 cm³/mol. The second-order valence-electron chi connectivity index (χ2n) is 8.94. The first kappa shape index (κ1) is 23.0. The van der Waals surface area contributed by atoms with Crippen LogP contribution in [-0.2, 0) is 0 Å². The minimum absolute atomic E-state index is 0.169. The van der Waals surface area contributed by atoms with E-state index in [-0.39, 0.29) is 17.3 Å². The lowest BCUT2D eigenvalue weighted by Crippen LogP contribution is -2.14. The van der Waals surface area contributed by atoms with Crippen molar-refractivity contribution in [1.29, 1.82) is 0 Å². The van der Waals surface area contributed by atoms with Gasteiger partial charge in [-0.2, -0.15) is 9.78 Å². The van der Waals surface area contributed by atoms with Crippen molar-refractivity contribution in [2.24, 2.45) is 5.10 Å². The smallest absolute Gasteiger partial charge is 0.261 e. The molecule has 0 aliphatic rings. The maximum absolute atomic E-state index is 13.4. The Kier molecular flexibility index (Phi) is 5.85. The maximum atomic E-state index is 13.4. The van der Waals surface area contributed by atoms with E-state index in [9.17, 15) is 4.79 Å². The molecule has 0 aliphatic carbocycles. The number of rotatable bonds is 5. The Labute approximate surface area is 209 Å². The van der Waals surface area contributed by atoms with Crippen LogP contribution in [0.3, 0.4) is 0 Å². The number of hydrogen-bond donors (Lipinski definition) is 2. The molecule has 0 fully saturated rings. The van der Waals surface area contributed by atoms with Crippen molar-refractivity contribution < 1.29 is 4.79 Å². The number of hydrogen-bond acceptors (Lipinski definition) is 6. The average molecular weight is 478 g/mol. The van der Waals surface area contributed by atoms with Gasteiger partial charge in [0, 0.05) is 25.5 Å². The van der Waals surface area contributed by atoms with Crippen LogP contribution in [-0.4, -0.2) is 40.9 Å². The van der Waals surface area contributed by atoms with Gasteiger partial charge in [0.05, 0.1) is 17.2 Å². The second kappa shape index (κ2) is 9.14. The van der Waals surface area contributed by atoms with Gasteiger partial charge in [0.15, 0.2) is 5.65 Å². The van der Waals surface area contributed by atoms with E-state index >= 15 is 0 Å². The van der Waals surface area contributed by atoms with Crippen LogP contribution in [0.2, 0.25) is 0 Å². The molecule has 0 bridgehead atoms. The van der Waals surface area contributed by atoms with Gasteiger partial charge in [-0.1, -0.05) is 30.3 Å². The van der Waals surface area contributed by atoms with E-state index in [2.05, 4.69) is 10.4 Å². The number of nitrogen functional groups attached to an aromatic ring is 1. The van der Waals surface area contributed by atoms with Crippen LogP contribution >= 0.6 is 0 Å². The summed E-state index contributed by atoms with van der Waals surface area (Å²) in [5, 5.41) is 7.55. The minimum atomic E-state index is -0.366. The fourth-order valence-corrected chi connectivity index (χ4v) is 3.98. The summed E-state index contributed by atoms with van der Waals surface area (Å²) in [5.74, 6) is -0.197. The molecule has 3 N–H and O–H groups in total. The van der Waals surface area contributed by atoms with E-state index in [1.807, 2.05) is 99.6 Å². The highest BCUT2D eigenvalue weighted by molar-refractivity contribution is 6.16. The van der Waals surface area contributed by atoms with E-state index in [0.29, 0.717) is 27.9 Å². The van der Waals surface area contributed by atoms with Crippen LogP contribution in [0.5, 0.6) is 0 Å². The van der Waals surface area contributed by atoms with Crippen molar-refractivity contribution >= 4 is 51.5 Å². The molecule has 180 valence electrons. The quantitative estimate of drug-likeness (QED) is 0.348. The zero-order valence-electron chi connectivity index (χ0n) is 20.6.